The summed E-state index contributed by atoms with van der Waals surface area (Å²) in [6.07, 6.45) is 7.30. The highest BCUT2D eigenvalue weighted by Crippen LogP contribution is 2.45. The van der Waals surface area contributed by atoms with Crippen LogP contribution in [0.3, 0.4) is 0 Å². The van der Waals surface area contributed by atoms with E-state index in [1.807, 2.05) is 41.1 Å². The molecule has 5 aromatic rings. The Balaban J connectivity index is 1.21. The number of aryl methyl sites for hydroxylation is 2. The molecule has 200 valence electrons. The topological polar surface area (TPSA) is 99.0 Å². The first-order valence-electron chi connectivity index (χ1n) is 12.8. The van der Waals surface area contributed by atoms with E-state index in [9.17, 15) is 0 Å². The average molecular weight is 562 g/mol. The number of thiophene rings is 1. The molecule has 0 fully saturated rings. The van der Waals surface area contributed by atoms with Crippen LogP contribution in [0.15, 0.2) is 55.1 Å². The van der Waals surface area contributed by atoms with Crippen molar-refractivity contribution < 1.29 is 9.47 Å². The van der Waals surface area contributed by atoms with E-state index in [4.69, 9.17) is 26.2 Å². The molecule has 0 saturated carbocycles. The maximum Gasteiger partial charge on any atom is 0.142 e. The second kappa shape index (κ2) is 11.7. The van der Waals surface area contributed by atoms with E-state index in [0.29, 0.717) is 24.0 Å². The van der Waals surface area contributed by atoms with Crippen molar-refractivity contribution in [3.63, 3.8) is 0 Å². The van der Waals surface area contributed by atoms with Gasteiger partial charge in [0.25, 0.3) is 0 Å². The summed E-state index contributed by atoms with van der Waals surface area (Å²) in [5.41, 5.74) is 5.27. The number of aromatic nitrogens is 5. The Morgan fingerprint density at radius 3 is 2.90 bits per heavy atom. The molecule has 4 aromatic heterocycles. The number of hydrogen-bond donors (Lipinski definition) is 2. The van der Waals surface area contributed by atoms with Gasteiger partial charge in [0.05, 0.1) is 34.9 Å². The van der Waals surface area contributed by atoms with E-state index >= 15 is 0 Å². The molecule has 0 spiro atoms. The summed E-state index contributed by atoms with van der Waals surface area (Å²) < 4.78 is 13.0. The van der Waals surface area contributed by atoms with Crippen molar-refractivity contribution in [2.75, 3.05) is 32.1 Å². The lowest BCUT2D eigenvalue weighted by Crippen LogP contribution is -2.23. The number of pyridine rings is 1. The van der Waals surface area contributed by atoms with Gasteiger partial charge in [0.15, 0.2) is 0 Å². The number of ether oxygens (including phenoxy) is 2. The summed E-state index contributed by atoms with van der Waals surface area (Å²) in [5.74, 6) is 1.38. The maximum absolute atomic E-state index is 6.56. The number of hydrogen-bond acceptors (Lipinski definition) is 9. The first kappa shape index (κ1) is 25.7. The lowest BCUT2D eigenvalue weighted by molar-refractivity contribution is 0.199. The zero-order valence-electron chi connectivity index (χ0n) is 21.5. The molecule has 0 aliphatic heterocycles. The fourth-order valence-electron chi connectivity index (χ4n) is 4.70. The number of benzene rings is 1. The minimum Gasteiger partial charge on any atom is -0.486 e. The molecule has 9 nitrogen and oxygen atoms in total. The largest absolute Gasteiger partial charge is 0.486 e. The minimum atomic E-state index is 0.351. The Hall–Kier alpha value is -3.57. The number of nitrogens with zero attached hydrogens (tertiary/aromatic N) is 5. The van der Waals surface area contributed by atoms with Gasteiger partial charge in [0.2, 0.25) is 0 Å². The first-order valence-corrected chi connectivity index (χ1v) is 14.0. The molecule has 0 atom stereocenters. The van der Waals surface area contributed by atoms with Crippen LogP contribution in [0.25, 0.3) is 20.7 Å². The normalized spacial score (nSPS) is 12.4. The van der Waals surface area contributed by atoms with E-state index in [-0.39, 0.29) is 0 Å². The van der Waals surface area contributed by atoms with Crippen molar-refractivity contribution in [3.05, 3.63) is 77.1 Å². The van der Waals surface area contributed by atoms with Crippen LogP contribution in [0.4, 0.5) is 11.5 Å². The summed E-state index contributed by atoms with van der Waals surface area (Å²) >= 11 is 8.25. The van der Waals surface area contributed by atoms with Crippen LogP contribution in [-0.2, 0) is 30.7 Å². The van der Waals surface area contributed by atoms with Gasteiger partial charge in [0, 0.05) is 48.7 Å². The Morgan fingerprint density at radius 2 is 2.05 bits per heavy atom. The highest BCUT2D eigenvalue weighted by molar-refractivity contribution is 7.22. The Bertz CT molecular complexity index is 1590. The number of rotatable bonds is 11. The van der Waals surface area contributed by atoms with Gasteiger partial charge in [0.1, 0.15) is 29.3 Å². The SMILES string of the molecule is COCCNCCn1cc2c(n1)CCc1c-2sc2ncnc(Nc3ccc(OCc4ccccn4)c(Cl)c3)c12. The predicted octanol–water partition coefficient (Wildman–Crippen LogP) is 5.26. The number of halogens is 1. The molecule has 11 heteroatoms. The second-order valence-electron chi connectivity index (χ2n) is 9.19. The number of nitrogens with one attached hydrogen (secondary N) is 2. The van der Waals surface area contributed by atoms with Gasteiger partial charge in [-0.15, -0.1) is 11.3 Å². The molecule has 0 radical (unpaired) electrons. The summed E-state index contributed by atoms with van der Waals surface area (Å²) in [6, 6.07) is 11.4. The van der Waals surface area contributed by atoms with Crippen LogP contribution < -0.4 is 15.4 Å². The fraction of sp³-hybridized carbons (Fsp3) is 0.286. The molecule has 6 rings (SSSR count). The van der Waals surface area contributed by atoms with Gasteiger partial charge in [-0.05, 0) is 48.7 Å². The molecular formula is C28H28ClN7O2S. The molecule has 0 saturated heterocycles. The predicted molar refractivity (Wildman–Crippen MR) is 154 cm³/mol. The Morgan fingerprint density at radius 1 is 1.10 bits per heavy atom. The van der Waals surface area contributed by atoms with Crippen LogP contribution in [-0.4, -0.2) is 51.5 Å². The van der Waals surface area contributed by atoms with Gasteiger partial charge in [-0.3, -0.25) is 9.67 Å². The molecule has 1 aliphatic carbocycles. The van der Waals surface area contributed by atoms with Crippen molar-refractivity contribution in [2.24, 2.45) is 0 Å². The second-order valence-corrected chi connectivity index (χ2v) is 10.6. The molecule has 2 N–H and O–H groups in total. The monoisotopic (exact) mass is 561 g/mol. The van der Waals surface area contributed by atoms with E-state index in [2.05, 4.69) is 31.8 Å². The zero-order valence-corrected chi connectivity index (χ0v) is 23.1. The molecule has 39 heavy (non-hydrogen) atoms. The third kappa shape index (κ3) is 5.60. The molecule has 0 amide bonds. The first-order chi connectivity index (χ1) is 19.2. The van der Waals surface area contributed by atoms with Gasteiger partial charge < -0.3 is 20.1 Å². The lowest BCUT2D eigenvalue weighted by atomic mass is 9.95. The number of anilines is 2. The van der Waals surface area contributed by atoms with Gasteiger partial charge >= 0.3 is 0 Å². The molecule has 1 aromatic carbocycles. The van der Waals surface area contributed by atoms with Gasteiger partial charge in [-0.2, -0.15) is 5.10 Å². The molecule has 4 heterocycles. The smallest absolute Gasteiger partial charge is 0.142 e. The van der Waals surface area contributed by atoms with Crippen LogP contribution >= 0.6 is 22.9 Å². The van der Waals surface area contributed by atoms with E-state index in [1.54, 1.807) is 31.0 Å². The quantitative estimate of drug-likeness (QED) is 0.211. The van der Waals surface area contributed by atoms with E-state index in [0.717, 1.165) is 65.6 Å². The zero-order chi connectivity index (χ0) is 26.6. The standard InChI is InChI=1S/C28H28ClN7O2S/c1-37-13-11-30-10-12-36-15-21-23(35-36)7-6-20-25-27(32-17-33-28(25)39-26(20)21)34-18-5-8-24(22(29)14-18)38-16-19-4-2-3-9-31-19/h2-5,8-9,14-15,17,30H,6-7,10-13,16H2,1H3,(H,32,33,34). The minimum absolute atomic E-state index is 0.351. The summed E-state index contributed by atoms with van der Waals surface area (Å²) in [5, 5.41) is 13.3. The summed E-state index contributed by atoms with van der Waals surface area (Å²) in [6.45, 7) is 3.54. The summed E-state index contributed by atoms with van der Waals surface area (Å²) in [4.78, 5) is 15.7. The average Bonchev–Trinajstić information content (AvgIpc) is 3.55. The van der Waals surface area contributed by atoms with Crippen molar-refractivity contribution in [3.8, 4) is 16.2 Å². The van der Waals surface area contributed by atoms with Crippen LogP contribution in [0.5, 0.6) is 5.75 Å². The van der Waals surface area contributed by atoms with Gasteiger partial charge in [-0.25, -0.2) is 9.97 Å². The third-order valence-electron chi connectivity index (χ3n) is 6.58. The highest BCUT2D eigenvalue weighted by Gasteiger charge is 2.26. The highest BCUT2D eigenvalue weighted by atomic mass is 35.5. The van der Waals surface area contributed by atoms with E-state index < -0.39 is 0 Å². The van der Waals surface area contributed by atoms with Crippen molar-refractivity contribution in [1.82, 2.24) is 30.0 Å². The molecule has 1 aliphatic rings. The molecule has 0 bridgehead atoms. The van der Waals surface area contributed by atoms with Crippen LogP contribution in [0.1, 0.15) is 17.0 Å². The molecule has 0 unspecified atom stereocenters. The number of fused-ring (bicyclic) bond motifs is 5. The maximum atomic E-state index is 6.56. The van der Waals surface area contributed by atoms with Crippen molar-refractivity contribution >= 4 is 44.7 Å². The molecular weight excluding hydrogens is 534 g/mol. The summed E-state index contributed by atoms with van der Waals surface area (Å²) in [7, 11) is 1.71. The fourth-order valence-corrected chi connectivity index (χ4v) is 6.15. The van der Waals surface area contributed by atoms with Crippen LogP contribution in [0, 0.1) is 0 Å². The lowest BCUT2D eigenvalue weighted by Gasteiger charge is -2.13. The number of methoxy groups -OCH3 is 1. The van der Waals surface area contributed by atoms with Crippen molar-refractivity contribution in [1.29, 1.82) is 0 Å². The van der Waals surface area contributed by atoms with E-state index in [1.165, 1.54) is 16.0 Å². The van der Waals surface area contributed by atoms with Gasteiger partial charge in [-0.1, -0.05) is 17.7 Å². The Kier molecular flexibility index (Phi) is 7.69. The van der Waals surface area contributed by atoms with Crippen LogP contribution in [0.2, 0.25) is 5.02 Å². The Labute approximate surface area is 235 Å². The third-order valence-corrected chi connectivity index (χ3v) is 8.05. The van der Waals surface area contributed by atoms with Crippen molar-refractivity contribution in [2.45, 2.75) is 26.0 Å².